The molecule has 0 fully saturated rings. The molecule has 0 aliphatic heterocycles. The van der Waals surface area contributed by atoms with E-state index in [2.05, 4.69) is 118 Å². The van der Waals surface area contributed by atoms with Gasteiger partial charge in [0.15, 0.2) is 0 Å². The molecule has 0 aliphatic carbocycles. The number of benzene rings is 4. The summed E-state index contributed by atoms with van der Waals surface area (Å²) in [6.45, 7) is 6.67. The molecule has 4 aromatic carbocycles. The predicted molar refractivity (Wildman–Crippen MR) is 130 cm³/mol. The Labute approximate surface area is 182 Å². The molecule has 0 saturated heterocycles. The van der Waals surface area contributed by atoms with Gasteiger partial charge in [0.05, 0.1) is 0 Å². The molecule has 150 valence electrons. The molecule has 30 heavy (non-hydrogen) atoms. The highest BCUT2D eigenvalue weighted by atomic mass is 31.0. The van der Waals surface area contributed by atoms with Crippen LogP contribution in [0, 0.1) is 20.8 Å². The summed E-state index contributed by atoms with van der Waals surface area (Å²) in [5, 5.41) is 0. The summed E-state index contributed by atoms with van der Waals surface area (Å²) in [5.74, 6) is 0.207. The van der Waals surface area contributed by atoms with Crippen LogP contribution < -0.4 is 0 Å². The third kappa shape index (κ3) is 4.58. The van der Waals surface area contributed by atoms with Crippen LogP contribution >= 0.6 is 9.12 Å². The lowest BCUT2D eigenvalue weighted by Crippen LogP contribution is -2.09. The largest absolute Gasteiger partial charge is 0.310 e. The molecule has 0 aliphatic rings. The van der Waals surface area contributed by atoms with Crippen LogP contribution in [0.1, 0.15) is 39.3 Å². The normalized spacial score (nSPS) is 11.3. The molecule has 4 aromatic rings. The minimum atomic E-state index is 0.207. The molecule has 0 amide bonds. The van der Waals surface area contributed by atoms with Crippen LogP contribution in [0.2, 0.25) is 0 Å². The van der Waals surface area contributed by atoms with Crippen molar-refractivity contribution in [3.05, 3.63) is 130 Å². The van der Waals surface area contributed by atoms with Crippen molar-refractivity contribution < 1.29 is 4.57 Å². The van der Waals surface area contributed by atoms with Gasteiger partial charge >= 0.3 is 9.12 Å². The molecule has 0 bridgehead atoms. The predicted octanol–water partition coefficient (Wildman–Crippen LogP) is 7.67. The molecule has 0 aromatic heterocycles. The van der Waals surface area contributed by atoms with Gasteiger partial charge < -0.3 is 0 Å². The van der Waals surface area contributed by atoms with Crippen molar-refractivity contribution in [2.24, 2.45) is 0 Å². The number of rotatable bonds is 4. The molecule has 2 unspecified atom stereocenters. The fourth-order valence-corrected chi connectivity index (χ4v) is 4.42. The van der Waals surface area contributed by atoms with E-state index in [1.54, 1.807) is 0 Å². The summed E-state index contributed by atoms with van der Waals surface area (Å²) in [7, 11) is 1.17. The number of aryl methyl sites for hydroxylation is 3. The minimum absolute atomic E-state index is 0.207. The monoisotopic (exact) mass is 411 g/mol. The van der Waals surface area contributed by atoms with Crippen LogP contribution in [0.15, 0.2) is 97.1 Å². The summed E-state index contributed by atoms with van der Waals surface area (Å²) >= 11 is 0. The molecular formula is C28H28OP+. The lowest BCUT2D eigenvalue weighted by molar-refractivity contribution is 0.607. The van der Waals surface area contributed by atoms with E-state index in [0.717, 1.165) is 0 Å². The van der Waals surface area contributed by atoms with Crippen LogP contribution in [0.3, 0.4) is 0 Å². The molecule has 2 atom stereocenters. The maximum atomic E-state index is 8.17. The van der Waals surface area contributed by atoms with Gasteiger partial charge in [0.25, 0.3) is 0 Å². The fourth-order valence-electron chi connectivity index (χ4n) is 4.42. The first-order chi connectivity index (χ1) is 14.6. The second-order valence-electron chi connectivity index (χ2n) is 7.61. The van der Waals surface area contributed by atoms with E-state index >= 15 is 0 Å². The first-order valence-corrected chi connectivity index (χ1v) is 10.6. The minimum Gasteiger partial charge on any atom is -0.0801 e. The van der Waals surface area contributed by atoms with Crippen molar-refractivity contribution in [1.82, 2.24) is 0 Å². The van der Waals surface area contributed by atoms with Gasteiger partial charge in [0, 0.05) is 5.92 Å². The third-order valence-corrected chi connectivity index (χ3v) is 5.52. The Morgan fingerprint density at radius 3 is 1.73 bits per heavy atom. The van der Waals surface area contributed by atoms with Crippen molar-refractivity contribution in [3.63, 3.8) is 0 Å². The molecule has 0 saturated carbocycles. The smallest absolute Gasteiger partial charge is 0.0801 e. The second-order valence-corrected chi connectivity index (χ2v) is 7.61. The van der Waals surface area contributed by atoms with Crippen LogP contribution in [-0.4, -0.2) is 0 Å². The Morgan fingerprint density at radius 1 is 0.633 bits per heavy atom. The van der Waals surface area contributed by atoms with Crippen LogP contribution in [0.4, 0.5) is 0 Å². The van der Waals surface area contributed by atoms with Crippen LogP contribution in [0.5, 0.6) is 0 Å². The van der Waals surface area contributed by atoms with Crippen molar-refractivity contribution in [2.45, 2.75) is 26.7 Å². The highest BCUT2D eigenvalue weighted by Crippen LogP contribution is 2.40. The van der Waals surface area contributed by atoms with E-state index in [0.29, 0.717) is 0 Å². The molecule has 2 heteroatoms. The molecule has 0 heterocycles. The zero-order chi connectivity index (χ0) is 21.5. The quantitative estimate of drug-likeness (QED) is 0.249. The van der Waals surface area contributed by atoms with Crippen LogP contribution in [-0.2, 0) is 4.57 Å². The average Bonchev–Trinajstić information content (AvgIpc) is 2.79. The lowest BCUT2D eigenvalue weighted by Gasteiger charge is -2.26. The highest BCUT2D eigenvalue weighted by molar-refractivity contribution is 7.00. The van der Waals surface area contributed by atoms with Gasteiger partial charge in [-0.15, -0.1) is 0 Å². The molecule has 0 radical (unpaired) electrons. The van der Waals surface area contributed by atoms with Crippen molar-refractivity contribution in [3.8, 4) is 11.1 Å². The van der Waals surface area contributed by atoms with E-state index in [1.165, 1.54) is 53.6 Å². The SMILES string of the molecule is Cc1cc(C)c(C(c2ccccc2)c2ccccc2-c2ccccc2)c(C)c1.O=[PH2+]. The first-order valence-electron chi connectivity index (χ1n) is 10.2. The van der Waals surface area contributed by atoms with Crippen molar-refractivity contribution in [2.75, 3.05) is 0 Å². The zero-order valence-corrected chi connectivity index (χ0v) is 19.0. The standard InChI is InChI=1S/C28H26.H2OP/c1-20-18-21(2)27(22(3)19-20)28(24-14-8-5-9-15-24)26-17-11-10-16-25(26)23-12-6-4-7-13-23;1-2/h4-19,28H,1-3H3;2H2/q;+1. The van der Waals surface area contributed by atoms with Gasteiger partial charge in [-0.2, -0.15) is 0 Å². The van der Waals surface area contributed by atoms with Crippen molar-refractivity contribution in [1.29, 1.82) is 0 Å². The summed E-state index contributed by atoms with van der Waals surface area (Å²) in [6, 6.07) is 35.1. The Balaban J connectivity index is 0.00000124. The Morgan fingerprint density at radius 2 is 1.13 bits per heavy atom. The summed E-state index contributed by atoms with van der Waals surface area (Å²) in [5.41, 5.74) is 10.7. The third-order valence-electron chi connectivity index (χ3n) is 5.52. The van der Waals surface area contributed by atoms with Gasteiger partial charge in [-0.1, -0.05) is 107 Å². The van der Waals surface area contributed by atoms with Gasteiger partial charge in [0.2, 0.25) is 0 Å². The first kappa shape index (κ1) is 21.7. The van der Waals surface area contributed by atoms with E-state index in [4.69, 9.17) is 4.57 Å². The van der Waals surface area contributed by atoms with Gasteiger partial charge in [-0.3, -0.25) is 0 Å². The number of hydrogen-bond donors (Lipinski definition) is 0. The van der Waals surface area contributed by atoms with Gasteiger partial charge in [-0.25, -0.2) is 0 Å². The Hall–Kier alpha value is -3.02. The van der Waals surface area contributed by atoms with Gasteiger partial charge in [0.1, 0.15) is 0 Å². The maximum Gasteiger partial charge on any atom is 0.310 e. The second kappa shape index (κ2) is 10.1. The van der Waals surface area contributed by atoms with E-state index in [-0.39, 0.29) is 5.92 Å². The maximum absolute atomic E-state index is 8.17. The van der Waals surface area contributed by atoms with E-state index in [1.807, 2.05) is 0 Å². The fraction of sp³-hybridized carbons (Fsp3) is 0.143. The highest BCUT2D eigenvalue weighted by Gasteiger charge is 2.23. The lowest BCUT2D eigenvalue weighted by atomic mass is 9.78. The molecular weight excluding hydrogens is 383 g/mol. The average molecular weight is 412 g/mol. The summed E-state index contributed by atoms with van der Waals surface area (Å²) in [6.07, 6.45) is 0. The van der Waals surface area contributed by atoms with E-state index < -0.39 is 0 Å². The Kier molecular flexibility index (Phi) is 7.33. The summed E-state index contributed by atoms with van der Waals surface area (Å²) in [4.78, 5) is 0. The molecule has 1 nitrogen and oxygen atoms in total. The molecule has 0 spiro atoms. The molecule has 0 N–H and O–H groups in total. The number of hydrogen-bond acceptors (Lipinski definition) is 1. The van der Waals surface area contributed by atoms with E-state index in [9.17, 15) is 0 Å². The topological polar surface area (TPSA) is 17.1 Å². The zero-order valence-electron chi connectivity index (χ0n) is 17.8. The van der Waals surface area contributed by atoms with Crippen LogP contribution in [0.25, 0.3) is 11.1 Å². The Bertz CT molecular complexity index is 1080. The molecule has 4 rings (SSSR count). The summed E-state index contributed by atoms with van der Waals surface area (Å²) < 4.78 is 8.17. The van der Waals surface area contributed by atoms with Crippen molar-refractivity contribution >= 4 is 9.12 Å². The van der Waals surface area contributed by atoms with Gasteiger partial charge in [-0.05, 0) is 59.7 Å².